The molecule has 236 valence electrons. The van der Waals surface area contributed by atoms with E-state index < -0.39 is 27.7 Å². The minimum absolute atomic E-state index is 0.0182. The number of hydrogen-bond donors (Lipinski definition) is 2. The highest BCUT2D eigenvalue weighted by molar-refractivity contribution is 7.92. The summed E-state index contributed by atoms with van der Waals surface area (Å²) in [6, 6.07) is 13.3. The number of hydrogen-bond acceptors (Lipinski definition) is 6. The summed E-state index contributed by atoms with van der Waals surface area (Å²) in [5.41, 5.74) is 1.87. The van der Waals surface area contributed by atoms with Gasteiger partial charge in [0.1, 0.15) is 6.04 Å². The first-order chi connectivity index (χ1) is 21.0. The molecule has 0 spiro atoms. The number of sulfonamides is 1. The van der Waals surface area contributed by atoms with E-state index in [0.717, 1.165) is 56.9 Å². The van der Waals surface area contributed by atoms with Crippen molar-refractivity contribution in [3.05, 3.63) is 65.7 Å². The van der Waals surface area contributed by atoms with Crippen molar-refractivity contribution in [1.82, 2.24) is 15.4 Å². The fraction of sp³-hybridized carbons (Fsp3) is 0.485. The SMILES string of the molecule is Cc1onc(NS(=O)(=O)c2ccccc2-c2ccc(CN(C(=O)C3CCCC3)[C@H](C(=O)NC3CCCC3)C(C)C)cc2)c1F. The molecule has 0 radical (unpaired) electrons. The number of carbonyl (C=O) groups excluding carboxylic acids is 2. The molecule has 9 nitrogen and oxygen atoms in total. The monoisotopic (exact) mass is 624 g/mol. The van der Waals surface area contributed by atoms with Crippen LogP contribution in [0.3, 0.4) is 0 Å². The van der Waals surface area contributed by atoms with Crippen molar-refractivity contribution < 1.29 is 26.9 Å². The first-order valence-corrected chi connectivity index (χ1v) is 17.0. The number of amides is 2. The van der Waals surface area contributed by atoms with Crippen LogP contribution in [0.15, 0.2) is 57.9 Å². The van der Waals surface area contributed by atoms with Crippen molar-refractivity contribution in [1.29, 1.82) is 0 Å². The van der Waals surface area contributed by atoms with Crippen LogP contribution in [-0.4, -0.2) is 42.4 Å². The normalized spacial score (nSPS) is 16.8. The maximum atomic E-state index is 14.3. The van der Waals surface area contributed by atoms with E-state index in [-0.39, 0.29) is 46.9 Å². The smallest absolute Gasteiger partial charge is 0.263 e. The summed E-state index contributed by atoms with van der Waals surface area (Å²) in [6.45, 7) is 5.58. The minimum Gasteiger partial charge on any atom is -0.356 e. The van der Waals surface area contributed by atoms with Gasteiger partial charge in [0.2, 0.25) is 23.4 Å². The quantitative estimate of drug-likeness (QED) is 0.262. The summed E-state index contributed by atoms with van der Waals surface area (Å²) in [5, 5.41) is 6.69. The third-order valence-electron chi connectivity index (χ3n) is 8.74. The summed E-state index contributed by atoms with van der Waals surface area (Å²) in [6.07, 6.45) is 7.83. The lowest BCUT2D eigenvalue weighted by Gasteiger charge is -2.36. The molecule has 5 rings (SSSR count). The standard InChI is InChI=1S/C33H41FN4O5S/c1-21(2)30(32(39)35-26-12-6-7-13-26)38(33(40)25-10-4-5-11-25)20-23-16-18-24(19-17-23)27-14-8-9-15-28(27)44(41,42)37-31-29(34)22(3)43-36-31/h8-9,14-19,21,25-26,30H,4-7,10-13,20H2,1-3H3,(H,35,39)(H,36,37)/t30-/m0/s1. The molecule has 2 fully saturated rings. The highest BCUT2D eigenvalue weighted by atomic mass is 32.2. The van der Waals surface area contributed by atoms with Gasteiger partial charge in [0, 0.05) is 24.1 Å². The molecule has 44 heavy (non-hydrogen) atoms. The van der Waals surface area contributed by atoms with Crippen molar-refractivity contribution in [3.8, 4) is 11.1 Å². The van der Waals surface area contributed by atoms with Gasteiger partial charge < -0.3 is 14.7 Å². The second-order valence-corrected chi connectivity index (χ2v) is 14.0. The number of aromatic nitrogens is 1. The van der Waals surface area contributed by atoms with Crippen molar-refractivity contribution in [2.45, 2.75) is 95.7 Å². The molecule has 2 saturated carbocycles. The third kappa shape index (κ3) is 6.98. The summed E-state index contributed by atoms with van der Waals surface area (Å²) in [4.78, 5) is 29.2. The zero-order valence-corrected chi connectivity index (χ0v) is 26.3. The molecule has 2 N–H and O–H groups in total. The zero-order chi connectivity index (χ0) is 31.4. The summed E-state index contributed by atoms with van der Waals surface area (Å²) in [7, 11) is -4.20. The van der Waals surface area contributed by atoms with E-state index in [1.54, 1.807) is 35.2 Å². The second kappa shape index (κ2) is 13.5. The van der Waals surface area contributed by atoms with Crippen LogP contribution in [-0.2, 0) is 26.2 Å². The van der Waals surface area contributed by atoms with Crippen LogP contribution in [0.5, 0.6) is 0 Å². The lowest BCUT2D eigenvalue weighted by atomic mass is 9.96. The molecule has 2 aromatic carbocycles. The van der Waals surface area contributed by atoms with Crippen LogP contribution >= 0.6 is 0 Å². The van der Waals surface area contributed by atoms with Gasteiger partial charge in [-0.25, -0.2) is 8.42 Å². The van der Waals surface area contributed by atoms with Gasteiger partial charge in [-0.2, -0.15) is 4.39 Å². The van der Waals surface area contributed by atoms with E-state index in [0.29, 0.717) is 11.1 Å². The van der Waals surface area contributed by atoms with Crippen LogP contribution in [0.4, 0.5) is 10.2 Å². The molecular formula is C33H41FN4O5S. The summed E-state index contributed by atoms with van der Waals surface area (Å²) < 4.78 is 47.7. The van der Waals surface area contributed by atoms with Crippen LogP contribution in [0.1, 0.15) is 76.5 Å². The highest BCUT2D eigenvalue weighted by Crippen LogP contribution is 2.32. The lowest BCUT2D eigenvalue weighted by Crippen LogP contribution is -2.54. The average Bonchev–Trinajstić information content (AvgIpc) is 3.78. The second-order valence-electron chi connectivity index (χ2n) is 12.3. The number of rotatable bonds is 11. The van der Waals surface area contributed by atoms with Gasteiger partial charge >= 0.3 is 0 Å². The molecule has 11 heteroatoms. The predicted octanol–water partition coefficient (Wildman–Crippen LogP) is 6.19. The number of nitrogens with one attached hydrogen (secondary N) is 2. The molecule has 3 aromatic rings. The Bertz CT molecular complexity index is 1580. The number of halogens is 1. The largest absolute Gasteiger partial charge is 0.356 e. The van der Waals surface area contributed by atoms with Crippen molar-refractivity contribution in [2.75, 3.05) is 4.72 Å². The van der Waals surface area contributed by atoms with E-state index in [9.17, 15) is 22.4 Å². The minimum atomic E-state index is -4.20. The molecule has 0 aliphatic heterocycles. The molecule has 1 aromatic heterocycles. The van der Waals surface area contributed by atoms with E-state index in [2.05, 4.69) is 15.2 Å². The Labute approximate surface area is 258 Å². The Kier molecular flexibility index (Phi) is 9.72. The first kappa shape index (κ1) is 31.7. The fourth-order valence-corrected chi connectivity index (χ4v) is 7.64. The van der Waals surface area contributed by atoms with Gasteiger partial charge in [0.15, 0.2) is 5.76 Å². The molecular weight excluding hydrogens is 583 g/mol. The Balaban J connectivity index is 1.40. The van der Waals surface area contributed by atoms with Crippen molar-refractivity contribution in [2.24, 2.45) is 11.8 Å². The zero-order valence-electron chi connectivity index (χ0n) is 25.5. The van der Waals surface area contributed by atoms with Gasteiger partial charge in [-0.15, -0.1) is 0 Å². The Morgan fingerprint density at radius 3 is 2.25 bits per heavy atom. The number of aryl methyl sites for hydroxylation is 1. The van der Waals surface area contributed by atoms with Crippen LogP contribution < -0.4 is 10.0 Å². The van der Waals surface area contributed by atoms with Gasteiger partial charge in [-0.1, -0.05) is 87.2 Å². The molecule has 0 bridgehead atoms. The van der Waals surface area contributed by atoms with Crippen LogP contribution in [0.2, 0.25) is 0 Å². The average molecular weight is 625 g/mol. The fourth-order valence-electron chi connectivity index (χ4n) is 6.41. The van der Waals surface area contributed by atoms with Crippen LogP contribution in [0.25, 0.3) is 11.1 Å². The number of nitrogens with zero attached hydrogens (tertiary/aromatic N) is 2. The van der Waals surface area contributed by atoms with Crippen molar-refractivity contribution >= 4 is 27.7 Å². The van der Waals surface area contributed by atoms with Gasteiger partial charge in [-0.3, -0.25) is 14.3 Å². The molecule has 2 amide bonds. The molecule has 0 saturated heterocycles. The lowest BCUT2D eigenvalue weighted by molar-refractivity contribution is -0.146. The number of anilines is 1. The number of benzene rings is 2. The number of carbonyl (C=O) groups is 2. The summed E-state index contributed by atoms with van der Waals surface area (Å²) >= 11 is 0. The third-order valence-corrected chi connectivity index (χ3v) is 10.1. The summed E-state index contributed by atoms with van der Waals surface area (Å²) in [5.74, 6) is -1.74. The first-order valence-electron chi connectivity index (χ1n) is 15.5. The molecule has 0 unspecified atom stereocenters. The highest BCUT2D eigenvalue weighted by Gasteiger charge is 2.37. The Morgan fingerprint density at radius 2 is 1.64 bits per heavy atom. The van der Waals surface area contributed by atoms with E-state index >= 15 is 0 Å². The maximum Gasteiger partial charge on any atom is 0.263 e. The molecule has 1 atom stereocenters. The predicted molar refractivity (Wildman–Crippen MR) is 165 cm³/mol. The Morgan fingerprint density at radius 1 is 1.00 bits per heavy atom. The Hall–Kier alpha value is -3.73. The topological polar surface area (TPSA) is 122 Å². The van der Waals surface area contributed by atoms with Gasteiger partial charge in [-0.05, 0) is 55.7 Å². The van der Waals surface area contributed by atoms with Gasteiger partial charge in [0.25, 0.3) is 10.0 Å². The van der Waals surface area contributed by atoms with Crippen LogP contribution in [0, 0.1) is 24.6 Å². The van der Waals surface area contributed by atoms with E-state index in [1.165, 1.54) is 13.0 Å². The van der Waals surface area contributed by atoms with Crippen molar-refractivity contribution in [3.63, 3.8) is 0 Å². The molecule has 2 aliphatic carbocycles. The molecule has 2 aliphatic rings. The van der Waals surface area contributed by atoms with E-state index in [1.807, 2.05) is 26.0 Å². The van der Waals surface area contributed by atoms with Gasteiger partial charge in [0.05, 0.1) is 4.90 Å². The van der Waals surface area contributed by atoms with E-state index in [4.69, 9.17) is 4.52 Å². The maximum absolute atomic E-state index is 14.3. The molecule has 1 heterocycles.